The monoisotopic (exact) mass is 285 g/mol. The third-order valence-electron chi connectivity index (χ3n) is 4.17. The van der Waals surface area contributed by atoms with Crippen LogP contribution in [-0.2, 0) is 14.2 Å². The van der Waals surface area contributed by atoms with Crippen LogP contribution in [0.1, 0.15) is 52.9 Å². The van der Waals surface area contributed by atoms with Crippen LogP contribution in [0.25, 0.3) is 0 Å². The number of nitrogens with one attached hydrogen (secondary N) is 1. The van der Waals surface area contributed by atoms with Gasteiger partial charge in [-0.2, -0.15) is 0 Å². The molecule has 1 N–H and O–H groups in total. The van der Waals surface area contributed by atoms with Gasteiger partial charge in [0.15, 0.2) is 0 Å². The van der Waals surface area contributed by atoms with Gasteiger partial charge in [0.1, 0.15) is 0 Å². The molecular weight excluding hydrogens is 254 g/mol. The minimum absolute atomic E-state index is 0.289. The fourth-order valence-corrected chi connectivity index (χ4v) is 3.22. The van der Waals surface area contributed by atoms with Gasteiger partial charge >= 0.3 is 0 Å². The van der Waals surface area contributed by atoms with E-state index >= 15 is 0 Å². The van der Waals surface area contributed by atoms with Gasteiger partial charge in [-0.3, -0.25) is 0 Å². The average molecular weight is 285 g/mol. The van der Waals surface area contributed by atoms with Crippen LogP contribution in [0.2, 0.25) is 0 Å². The molecule has 0 aliphatic carbocycles. The fraction of sp³-hybridized carbons (Fsp3) is 1.00. The zero-order valence-corrected chi connectivity index (χ0v) is 13.3. The van der Waals surface area contributed by atoms with Crippen LogP contribution in [-0.4, -0.2) is 50.2 Å². The van der Waals surface area contributed by atoms with E-state index in [2.05, 4.69) is 26.1 Å². The molecule has 4 atom stereocenters. The molecule has 4 heteroatoms. The molecule has 0 amide bonds. The fourth-order valence-electron chi connectivity index (χ4n) is 3.22. The summed E-state index contributed by atoms with van der Waals surface area (Å²) in [6.45, 7) is 9.26. The lowest BCUT2D eigenvalue weighted by Crippen LogP contribution is -2.35. The molecule has 20 heavy (non-hydrogen) atoms. The van der Waals surface area contributed by atoms with E-state index in [1.165, 1.54) is 6.42 Å². The van der Waals surface area contributed by atoms with E-state index in [9.17, 15) is 0 Å². The molecule has 2 heterocycles. The predicted molar refractivity (Wildman–Crippen MR) is 80.0 cm³/mol. The van der Waals surface area contributed by atoms with Gasteiger partial charge in [0.25, 0.3) is 0 Å². The molecule has 2 aliphatic heterocycles. The van der Waals surface area contributed by atoms with Gasteiger partial charge in [0, 0.05) is 6.54 Å². The van der Waals surface area contributed by atoms with Crippen LogP contribution in [0, 0.1) is 0 Å². The average Bonchev–Trinajstić information content (AvgIpc) is 2.84. The molecule has 118 valence electrons. The van der Waals surface area contributed by atoms with Gasteiger partial charge in [-0.1, -0.05) is 6.92 Å². The van der Waals surface area contributed by atoms with Crippen molar-refractivity contribution in [2.45, 2.75) is 83.4 Å². The highest BCUT2D eigenvalue weighted by molar-refractivity contribution is 4.78. The maximum absolute atomic E-state index is 6.06. The van der Waals surface area contributed by atoms with E-state index in [0.29, 0.717) is 24.4 Å². The Hall–Kier alpha value is -0.160. The zero-order chi connectivity index (χ0) is 14.4. The molecule has 2 rings (SSSR count). The minimum Gasteiger partial charge on any atom is -0.375 e. The minimum atomic E-state index is 0.289. The SMILES string of the molecule is CCCNCC1CCC(COC2CC(C)OC(C)C2)O1. The first-order chi connectivity index (χ1) is 9.67. The quantitative estimate of drug-likeness (QED) is 0.730. The maximum atomic E-state index is 6.06. The Morgan fingerprint density at radius 2 is 1.75 bits per heavy atom. The normalized spacial score (nSPS) is 38.2. The first-order valence-corrected chi connectivity index (χ1v) is 8.30. The Kier molecular flexibility index (Phi) is 6.75. The van der Waals surface area contributed by atoms with E-state index in [-0.39, 0.29) is 6.10 Å². The molecular formula is C16H31NO3. The lowest BCUT2D eigenvalue weighted by molar-refractivity contribution is -0.118. The second kappa shape index (κ2) is 8.32. The van der Waals surface area contributed by atoms with Crippen LogP contribution in [0.3, 0.4) is 0 Å². The molecule has 2 aliphatic rings. The molecule has 0 aromatic heterocycles. The second-order valence-corrected chi connectivity index (χ2v) is 6.35. The van der Waals surface area contributed by atoms with Gasteiger partial charge in [-0.15, -0.1) is 0 Å². The summed E-state index contributed by atoms with van der Waals surface area (Å²) in [6.07, 6.45) is 7.14. The number of hydrogen-bond acceptors (Lipinski definition) is 4. The molecule has 0 aromatic rings. The van der Waals surface area contributed by atoms with Crippen molar-refractivity contribution >= 4 is 0 Å². The highest BCUT2D eigenvalue weighted by Crippen LogP contribution is 2.24. The summed E-state index contributed by atoms with van der Waals surface area (Å²) in [6, 6.07) is 0. The van der Waals surface area contributed by atoms with Crippen molar-refractivity contribution in [1.29, 1.82) is 0 Å². The summed E-state index contributed by atoms with van der Waals surface area (Å²) < 4.78 is 17.8. The summed E-state index contributed by atoms with van der Waals surface area (Å²) in [4.78, 5) is 0. The van der Waals surface area contributed by atoms with E-state index in [1.54, 1.807) is 0 Å². The lowest BCUT2D eigenvalue weighted by atomic mass is 10.0. The summed E-state index contributed by atoms with van der Waals surface area (Å²) in [5.74, 6) is 0. The molecule has 0 bridgehead atoms. The van der Waals surface area contributed by atoms with Crippen LogP contribution < -0.4 is 5.32 Å². The molecule has 0 radical (unpaired) electrons. The van der Waals surface area contributed by atoms with E-state index in [0.717, 1.165) is 45.4 Å². The van der Waals surface area contributed by atoms with Crippen molar-refractivity contribution in [3.05, 3.63) is 0 Å². The predicted octanol–water partition coefficient (Wildman–Crippen LogP) is 2.51. The molecule has 2 fully saturated rings. The summed E-state index contributed by atoms with van der Waals surface area (Å²) in [5, 5.41) is 3.43. The van der Waals surface area contributed by atoms with Crippen molar-refractivity contribution in [2.75, 3.05) is 19.7 Å². The van der Waals surface area contributed by atoms with Crippen molar-refractivity contribution in [1.82, 2.24) is 5.32 Å². The van der Waals surface area contributed by atoms with E-state index < -0.39 is 0 Å². The summed E-state index contributed by atoms with van der Waals surface area (Å²) in [7, 11) is 0. The third-order valence-corrected chi connectivity index (χ3v) is 4.17. The summed E-state index contributed by atoms with van der Waals surface area (Å²) in [5.41, 5.74) is 0. The number of rotatable bonds is 7. The molecule has 0 saturated carbocycles. The second-order valence-electron chi connectivity index (χ2n) is 6.35. The Balaban J connectivity index is 1.60. The van der Waals surface area contributed by atoms with Gasteiger partial charge in [-0.25, -0.2) is 0 Å². The molecule has 2 saturated heterocycles. The zero-order valence-electron chi connectivity index (χ0n) is 13.3. The Bertz CT molecular complexity index is 264. The smallest absolute Gasteiger partial charge is 0.0814 e. The molecule has 0 spiro atoms. The highest BCUT2D eigenvalue weighted by Gasteiger charge is 2.29. The summed E-state index contributed by atoms with van der Waals surface area (Å²) >= 11 is 0. The van der Waals surface area contributed by atoms with Gasteiger partial charge in [0.05, 0.1) is 37.1 Å². The van der Waals surface area contributed by atoms with Crippen molar-refractivity contribution in [2.24, 2.45) is 0 Å². The van der Waals surface area contributed by atoms with Crippen LogP contribution in [0.5, 0.6) is 0 Å². The number of ether oxygens (including phenoxy) is 3. The van der Waals surface area contributed by atoms with Gasteiger partial charge in [-0.05, 0) is 52.5 Å². The molecule has 4 nitrogen and oxygen atoms in total. The Morgan fingerprint density at radius 3 is 2.45 bits per heavy atom. The van der Waals surface area contributed by atoms with Gasteiger partial charge < -0.3 is 19.5 Å². The van der Waals surface area contributed by atoms with Crippen molar-refractivity contribution in [3.8, 4) is 0 Å². The van der Waals surface area contributed by atoms with Crippen LogP contribution in [0.15, 0.2) is 0 Å². The molecule has 0 aromatic carbocycles. The van der Waals surface area contributed by atoms with E-state index in [1.807, 2.05) is 0 Å². The standard InChI is InChI=1S/C16H31NO3/c1-4-7-17-10-14-5-6-15(20-14)11-18-16-8-12(2)19-13(3)9-16/h12-17H,4-11H2,1-3H3. The maximum Gasteiger partial charge on any atom is 0.0814 e. The Morgan fingerprint density at radius 1 is 1.05 bits per heavy atom. The first-order valence-electron chi connectivity index (χ1n) is 8.30. The van der Waals surface area contributed by atoms with Crippen LogP contribution in [0.4, 0.5) is 0 Å². The van der Waals surface area contributed by atoms with Crippen molar-refractivity contribution in [3.63, 3.8) is 0 Å². The van der Waals surface area contributed by atoms with Crippen LogP contribution >= 0.6 is 0 Å². The number of hydrogen-bond donors (Lipinski definition) is 1. The molecule has 4 unspecified atom stereocenters. The third kappa shape index (κ3) is 5.32. The highest BCUT2D eigenvalue weighted by atomic mass is 16.6. The largest absolute Gasteiger partial charge is 0.375 e. The van der Waals surface area contributed by atoms with E-state index in [4.69, 9.17) is 14.2 Å². The topological polar surface area (TPSA) is 39.7 Å². The lowest BCUT2D eigenvalue weighted by Gasteiger charge is -2.32. The van der Waals surface area contributed by atoms with Gasteiger partial charge in [0.2, 0.25) is 0 Å². The van der Waals surface area contributed by atoms with Crippen molar-refractivity contribution < 1.29 is 14.2 Å². The Labute approximate surface area is 123 Å². The first kappa shape index (κ1) is 16.2.